The van der Waals surface area contributed by atoms with Crippen LogP contribution < -0.4 is 10.0 Å². The number of hydrogen-bond acceptors (Lipinski definition) is 3. The Morgan fingerprint density at radius 2 is 1.78 bits per heavy atom. The van der Waals surface area contributed by atoms with Crippen molar-refractivity contribution in [3.05, 3.63) is 36.4 Å². The topological polar surface area (TPSA) is 58.2 Å². The Bertz CT molecular complexity index is 512. The van der Waals surface area contributed by atoms with Crippen molar-refractivity contribution in [3.8, 4) is 0 Å². The SMILES string of the molecule is CCNS(=O)(=O)c1ccc(NC2CC=CC2)cc1. The van der Waals surface area contributed by atoms with Crippen molar-refractivity contribution in [2.24, 2.45) is 0 Å². The third-order valence-electron chi connectivity index (χ3n) is 2.88. The van der Waals surface area contributed by atoms with Gasteiger partial charge in [-0.2, -0.15) is 0 Å². The van der Waals surface area contributed by atoms with Crippen molar-refractivity contribution in [1.29, 1.82) is 0 Å². The first-order chi connectivity index (χ1) is 8.62. The molecule has 1 aromatic carbocycles. The molecule has 0 saturated carbocycles. The van der Waals surface area contributed by atoms with Gasteiger partial charge in [0.1, 0.15) is 0 Å². The largest absolute Gasteiger partial charge is 0.382 e. The van der Waals surface area contributed by atoms with Gasteiger partial charge < -0.3 is 5.32 Å². The molecule has 0 aliphatic heterocycles. The number of sulfonamides is 1. The monoisotopic (exact) mass is 266 g/mol. The summed E-state index contributed by atoms with van der Waals surface area (Å²) >= 11 is 0. The summed E-state index contributed by atoms with van der Waals surface area (Å²) in [5.41, 5.74) is 0.958. The zero-order valence-electron chi connectivity index (χ0n) is 10.4. The Labute approximate surface area is 108 Å². The predicted octanol–water partition coefficient (Wildman–Crippen LogP) is 2.12. The van der Waals surface area contributed by atoms with E-state index in [-0.39, 0.29) is 0 Å². The fourth-order valence-corrected chi connectivity index (χ4v) is 3.02. The highest BCUT2D eigenvalue weighted by atomic mass is 32.2. The molecule has 0 amide bonds. The predicted molar refractivity (Wildman–Crippen MR) is 73.1 cm³/mol. The Morgan fingerprint density at radius 1 is 1.17 bits per heavy atom. The summed E-state index contributed by atoms with van der Waals surface area (Å²) in [7, 11) is -3.34. The van der Waals surface area contributed by atoms with Crippen molar-refractivity contribution < 1.29 is 8.42 Å². The maximum Gasteiger partial charge on any atom is 0.240 e. The van der Waals surface area contributed by atoms with Crippen molar-refractivity contribution in [2.45, 2.75) is 30.7 Å². The highest BCUT2D eigenvalue weighted by Gasteiger charge is 2.13. The molecule has 0 heterocycles. The van der Waals surface area contributed by atoms with Gasteiger partial charge in [-0.3, -0.25) is 0 Å². The molecule has 0 aromatic heterocycles. The van der Waals surface area contributed by atoms with Crippen LogP contribution in [0.25, 0.3) is 0 Å². The lowest BCUT2D eigenvalue weighted by molar-refractivity contribution is 0.584. The fourth-order valence-electron chi connectivity index (χ4n) is 1.97. The van der Waals surface area contributed by atoms with E-state index in [2.05, 4.69) is 22.2 Å². The van der Waals surface area contributed by atoms with Crippen LogP contribution in [0.4, 0.5) is 5.69 Å². The van der Waals surface area contributed by atoms with Crippen molar-refractivity contribution in [3.63, 3.8) is 0 Å². The minimum atomic E-state index is -3.34. The normalized spacial score (nSPS) is 16.1. The molecule has 0 unspecified atom stereocenters. The summed E-state index contributed by atoms with van der Waals surface area (Å²) in [6, 6.07) is 7.30. The number of hydrogen-bond donors (Lipinski definition) is 2. The molecule has 2 rings (SSSR count). The average molecular weight is 266 g/mol. The van der Waals surface area contributed by atoms with Crippen LogP contribution in [0.3, 0.4) is 0 Å². The average Bonchev–Trinajstić information content (AvgIpc) is 2.82. The van der Waals surface area contributed by atoms with Crippen LogP contribution in [-0.2, 0) is 10.0 Å². The van der Waals surface area contributed by atoms with E-state index in [1.807, 2.05) is 12.1 Å². The molecule has 2 N–H and O–H groups in total. The Kier molecular flexibility index (Phi) is 4.04. The zero-order chi connectivity index (χ0) is 13.0. The lowest BCUT2D eigenvalue weighted by Crippen LogP contribution is -2.23. The molecule has 18 heavy (non-hydrogen) atoms. The molecule has 4 nitrogen and oxygen atoms in total. The van der Waals surface area contributed by atoms with Gasteiger partial charge in [0.15, 0.2) is 0 Å². The highest BCUT2D eigenvalue weighted by molar-refractivity contribution is 7.89. The molecule has 1 aromatic rings. The number of nitrogens with one attached hydrogen (secondary N) is 2. The summed E-state index contributed by atoms with van der Waals surface area (Å²) in [5.74, 6) is 0. The van der Waals surface area contributed by atoms with E-state index in [0.717, 1.165) is 18.5 Å². The third kappa shape index (κ3) is 3.11. The van der Waals surface area contributed by atoms with E-state index < -0.39 is 10.0 Å². The Morgan fingerprint density at radius 3 is 2.33 bits per heavy atom. The summed E-state index contributed by atoms with van der Waals surface area (Å²) in [6.45, 7) is 2.16. The van der Waals surface area contributed by atoms with Gasteiger partial charge in [0.25, 0.3) is 0 Å². The minimum Gasteiger partial charge on any atom is -0.382 e. The molecule has 0 saturated heterocycles. The fraction of sp³-hybridized carbons (Fsp3) is 0.385. The minimum absolute atomic E-state index is 0.305. The molecule has 0 bridgehead atoms. The van der Waals surface area contributed by atoms with E-state index in [0.29, 0.717) is 17.5 Å². The molecule has 0 spiro atoms. The summed E-state index contributed by atoms with van der Waals surface area (Å²) in [5, 5.41) is 3.37. The van der Waals surface area contributed by atoms with E-state index >= 15 is 0 Å². The lowest BCUT2D eigenvalue weighted by Gasteiger charge is -2.14. The van der Waals surface area contributed by atoms with Gasteiger partial charge in [0.2, 0.25) is 10.0 Å². The van der Waals surface area contributed by atoms with Gasteiger partial charge in [-0.05, 0) is 37.1 Å². The summed E-state index contributed by atoms with van der Waals surface area (Å²) in [6.07, 6.45) is 6.36. The van der Waals surface area contributed by atoms with Gasteiger partial charge in [-0.25, -0.2) is 13.1 Å². The Hall–Kier alpha value is -1.33. The first-order valence-corrected chi connectivity index (χ1v) is 7.61. The van der Waals surface area contributed by atoms with Crippen LogP contribution in [-0.4, -0.2) is 21.0 Å². The molecule has 98 valence electrons. The quantitative estimate of drug-likeness (QED) is 0.803. The van der Waals surface area contributed by atoms with Crippen LogP contribution in [0.1, 0.15) is 19.8 Å². The van der Waals surface area contributed by atoms with Crippen LogP contribution in [0, 0.1) is 0 Å². The standard InChI is InChI=1S/C13H18N2O2S/c1-2-14-18(16,17)13-9-7-12(8-10-13)15-11-5-3-4-6-11/h3-4,7-11,14-15H,2,5-6H2,1H3. The molecule has 1 aliphatic rings. The molecule has 5 heteroatoms. The molecular formula is C13H18N2O2S. The number of anilines is 1. The van der Waals surface area contributed by atoms with Crippen molar-refractivity contribution in [2.75, 3.05) is 11.9 Å². The van der Waals surface area contributed by atoms with Crippen LogP contribution >= 0.6 is 0 Å². The van der Waals surface area contributed by atoms with Crippen molar-refractivity contribution in [1.82, 2.24) is 4.72 Å². The van der Waals surface area contributed by atoms with E-state index in [1.165, 1.54) is 0 Å². The second kappa shape index (κ2) is 5.54. The van der Waals surface area contributed by atoms with Gasteiger partial charge in [0.05, 0.1) is 4.90 Å². The van der Waals surface area contributed by atoms with Gasteiger partial charge >= 0.3 is 0 Å². The van der Waals surface area contributed by atoms with Crippen LogP contribution in [0.2, 0.25) is 0 Å². The Balaban J connectivity index is 2.05. The first kappa shape index (κ1) is 13.1. The van der Waals surface area contributed by atoms with E-state index in [4.69, 9.17) is 0 Å². The number of rotatable bonds is 5. The molecule has 1 aliphatic carbocycles. The van der Waals surface area contributed by atoms with E-state index in [1.54, 1.807) is 19.1 Å². The van der Waals surface area contributed by atoms with Gasteiger partial charge in [-0.1, -0.05) is 19.1 Å². The highest BCUT2D eigenvalue weighted by Crippen LogP contribution is 2.18. The maximum atomic E-state index is 11.7. The third-order valence-corrected chi connectivity index (χ3v) is 4.44. The molecule has 0 radical (unpaired) electrons. The van der Waals surface area contributed by atoms with Crippen molar-refractivity contribution >= 4 is 15.7 Å². The maximum absolute atomic E-state index is 11.7. The first-order valence-electron chi connectivity index (χ1n) is 6.13. The second-order valence-corrected chi connectivity index (χ2v) is 6.08. The lowest BCUT2D eigenvalue weighted by atomic mass is 10.2. The van der Waals surface area contributed by atoms with Crippen LogP contribution in [0.15, 0.2) is 41.3 Å². The summed E-state index contributed by atoms with van der Waals surface area (Å²) in [4.78, 5) is 0.305. The smallest absolute Gasteiger partial charge is 0.240 e. The van der Waals surface area contributed by atoms with Gasteiger partial charge in [-0.15, -0.1) is 0 Å². The summed E-state index contributed by atoms with van der Waals surface area (Å²) < 4.78 is 26.0. The molecular weight excluding hydrogens is 248 g/mol. The van der Waals surface area contributed by atoms with Gasteiger partial charge in [0, 0.05) is 18.3 Å². The van der Waals surface area contributed by atoms with E-state index in [9.17, 15) is 8.42 Å². The second-order valence-electron chi connectivity index (χ2n) is 4.31. The number of benzene rings is 1. The molecule has 0 fully saturated rings. The zero-order valence-corrected chi connectivity index (χ0v) is 11.2. The van der Waals surface area contributed by atoms with Crippen LogP contribution in [0.5, 0.6) is 0 Å². The molecule has 0 atom stereocenters.